The normalized spacial score (nSPS) is 18.7. The largest absolute Gasteiger partial charge is 0.348 e. The van der Waals surface area contributed by atoms with E-state index in [1.165, 1.54) is 4.31 Å². The van der Waals surface area contributed by atoms with Crippen molar-refractivity contribution in [1.82, 2.24) is 9.62 Å². The third kappa shape index (κ3) is 4.62. The Morgan fingerprint density at radius 1 is 1.11 bits per heavy atom. The van der Waals surface area contributed by atoms with Crippen LogP contribution in [0.3, 0.4) is 0 Å². The van der Waals surface area contributed by atoms with Gasteiger partial charge in [0.1, 0.15) is 6.04 Å². The highest BCUT2D eigenvalue weighted by Gasteiger charge is 2.38. The first-order valence-electron chi connectivity index (χ1n) is 9.87. The molecular formula is C22H28N2O3S. The van der Waals surface area contributed by atoms with Crippen molar-refractivity contribution < 1.29 is 13.2 Å². The van der Waals surface area contributed by atoms with Crippen LogP contribution >= 0.6 is 0 Å². The highest BCUT2D eigenvalue weighted by molar-refractivity contribution is 7.89. The number of nitrogens with one attached hydrogen (secondary N) is 1. The van der Waals surface area contributed by atoms with E-state index in [9.17, 15) is 13.2 Å². The first-order valence-corrected chi connectivity index (χ1v) is 11.5. The van der Waals surface area contributed by atoms with Gasteiger partial charge in [-0.2, -0.15) is 4.31 Å². The number of carbonyl (C=O) groups is 1. The molecule has 2 atom stereocenters. The zero-order valence-corrected chi connectivity index (χ0v) is 17.3. The molecule has 0 aromatic heterocycles. The second-order valence-corrected chi connectivity index (χ2v) is 9.34. The van der Waals surface area contributed by atoms with Crippen LogP contribution in [0.15, 0.2) is 54.6 Å². The topological polar surface area (TPSA) is 66.5 Å². The number of benzene rings is 2. The lowest BCUT2D eigenvalue weighted by Gasteiger charge is -2.25. The van der Waals surface area contributed by atoms with Gasteiger partial charge in [-0.15, -0.1) is 0 Å². The van der Waals surface area contributed by atoms with Crippen molar-refractivity contribution in [3.05, 3.63) is 60.2 Å². The number of carbonyl (C=O) groups excluding carboxylic acids is 1. The summed E-state index contributed by atoms with van der Waals surface area (Å²) in [5.74, 6) is -0.121. The molecule has 3 rings (SSSR count). The second-order valence-electron chi connectivity index (χ2n) is 7.30. The number of amides is 1. The van der Waals surface area contributed by atoms with Crippen molar-refractivity contribution in [3.8, 4) is 11.1 Å². The third-order valence-electron chi connectivity index (χ3n) is 5.20. The van der Waals surface area contributed by atoms with E-state index in [2.05, 4.69) is 17.4 Å². The van der Waals surface area contributed by atoms with Crippen LogP contribution < -0.4 is 5.32 Å². The Hall–Kier alpha value is -2.18. The summed E-state index contributed by atoms with van der Waals surface area (Å²) >= 11 is 0. The lowest BCUT2D eigenvalue weighted by atomic mass is 10.0. The fraction of sp³-hybridized carbons (Fsp3) is 0.409. The van der Waals surface area contributed by atoms with Crippen LogP contribution in [0.1, 0.15) is 44.7 Å². The molecule has 1 saturated heterocycles. The lowest BCUT2D eigenvalue weighted by Crippen LogP contribution is -2.47. The summed E-state index contributed by atoms with van der Waals surface area (Å²) in [4.78, 5) is 12.8. The van der Waals surface area contributed by atoms with Crippen molar-refractivity contribution in [3.63, 3.8) is 0 Å². The standard InChI is InChI=1S/C22H28N2O3S/c1-3-16-28(26,27)24-15-7-10-21(24)22(25)23-17(2)18-11-13-20(14-12-18)19-8-5-4-6-9-19/h4-6,8-9,11-14,17,21H,3,7,10,15-16H2,1-2H3,(H,23,25)/t17-,21+/m1/s1. The molecule has 28 heavy (non-hydrogen) atoms. The van der Waals surface area contributed by atoms with Crippen LogP contribution in [0.5, 0.6) is 0 Å². The molecule has 5 nitrogen and oxygen atoms in total. The van der Waals surface area contributed by atoms with Crippen LogP contribution in [-0.4, -0.2) is 37.0 Å². The van der Waals surface area contributed by atoms with Gasteiger partial charge in [0.2, 0.25) is 15.9 Å². The predicted molar refractivity (Wildman–Crippen MR) is 112 cm³/mol. The molecular weight excluding hydrogens is 372 g/mol. The highest BCUT2D eigenvalue weighted by atomic mass is 32.2. The van der Waals surface area contributed by atoms with Crippen LogP contribution in [0, 0.1) is 0 Å². The highest BCUT2D eigenvalue weighted by Crippen LogP contribution is 2.24. The van der Waals surface area contributed by atoms with E-state index in [1.807, 2.05) is 56.3 Å². The van der Waals surface area contributed by atoms with E-state index in [1.54, 1.807) is 0 Å². The summed E-state index contributed by atoms with van der Waals surface area (Å²) in [6, 6.07) is 17.4. The monoisotopic (exact) mass is 400 g/mol. The van der Waals surface area contributed by atoms with Gasteiger partial charge in [-0.1, -0.05) is 61.5 Å². The van der Waals surface area contributed by atoms with Gasteiger partial charge >= 0.3 is 0 Å². The minimum atomic E-state index is -3.37. The number of sulfonamides is 1. The smallest absolute Gasteiger partial charge is 0.238 e. The molecule has 1 heterocycles. The van der Waals surface area contributed by atoms with Crippen molar-refractivity contribution in [2.45, 2.75) is 45.2 Å². The van der Waals surface area contributed by atoms with E-state index in [0.29, 0.717) is 19.4 Å². The number of hydrogen-bond acceptors (Lipinski definition) is 3. The molecule has 6 heteroatoms. The first kappa shape index (κ1) is 20.6. The Kier molecular flexibility index (Phi) is 6.52. The predicted octanol–water partition coefficient (Wildman–Crippen LogP) is 3.74. The molecule has 1 N–H and O–H groups in total. The summed E-state index contributed by atoms with van der Waals surface area (Å²) < 4.78 is 26.2. The maximum Gasteiger partial charge on any atom is 0.238 e. The molecule has 0 radical (unpaired) electrons. The maximum atomic E-state index is 12.8. The molecule has 0 spiro atoms. The van der Waals surface area contributed by atoms with Crippen LogP contribution in [0.4, 0.5) is 0 Å². The number of nitrogens with zero attached hydrogens (tertiary/aromatic N) is 1. The van der Waals surface area contributed by atoms with Crippen molar-refractivity contribution >= 4 is 15.9 Å². The summed E-state index contributed by atoms with van der Waals surface area (Å²) in [7, 11) is -3.37. The van der Waals surface area contributed by atoms with E-state index in [0.717, 1.165) is 23.1 Å². The van der Waals surface area contributed by atoms with Crippen LogP contribution in [-0.2, 0) is 14.8 Å². The quantitative estimate of drug-likeness (QED) is 0.770. The molecule has 2 aromatic rings. The van der Waals surface area contributed by atoms with Crippen LogP contribution in [0.25, 0.3) is 11.1 Å². The van der Waals surface area contributed by atoms with Gasteiger partial charge in [-0.05, 0) is 42.9 Å². The first-order chi connectivity index (χ1) is 13.4. The van der Waals surface area contributed by atoms with Gasteiger partial charge in [0.25, 0.3) is 0 Å². The molecule has 0 bridgehead atoms. The molecule has 1 amide bonds. The fourth-order valence-electron chi connectivity index (χ4n) is 3.70. The molecule has 1 aliphatic heterocycles. The number of rotatable bonds is 7. The Labute approximate surface area is 167 Å². The van der Waals surface area contributed by atoms with Gasteiger partial charge in [-0.3, -0.25) is 4.79 Å². The summed E-state index contributed by atoms with van der Waals surface area (Å²) in [6.07, 6.45) is 1.85. The van der Waals surface area contributed by atoms with Gasteiger partial charge < -0.3 is 5.32 Å². The molecule has 2 aromatic carbocycles. The van der Waals surface area contributed by atoms with E-state index < -0.39 is 16.1 Å². The van der Waals surface area contributed by atoms with Crippen molar-refractivity contribution in [1.29, 1.82) is 0 Å². The van der Waals surface area contributed by atoms with Gasteiger partial charge in [0.05, 0.1) is 11.8 Å². The van der Waals surface area contributed by atoms with Gasteiger partial charge in [0.15, 0.2) is 0 Å². The molecule has 1 aliphatic rings. The van der Waals surface area contributed by atoms with Crippen molar-refractivity contribution in [2.24, 2.45) is 0 Å². The second kappa shape index (κ2) is 8.88. The minimum Gasteiger partial charge on any atom is -0.348 e. The van der Waals surface area contributed by atoms with Gasteiger partial charge in [-0.25, -0.2) is 8.42 Å². The zero-order valence-electron chi connectivity index (χ0n) is 16.5. The minimum absolute atomic E-state index is 0.0906. The Balaban J connectivity index is 1.67. The van der Waals surface area contributed by atoms with E-state index >= 15 is 0 Å². The van der Waals surface area contributed by atoms with Crippen molar-refractivity contribution in [2.75, 3.05) is 12.3 Å². The maximum absolute atomic E-state index is 12.8. The van der Waals surface area contributed by atoms with E-state index in [4.69, 9.17) is 0 Å². The van der Waals surface area contributed by atoms with Crippen LogP contribution in [0.2, 0.25) is 0 Å². The lowest BCUT2D eigenvalue weighted by molar-refractivity contribution is -0.124. The third-order valence-corrected chi connectivity index (χ3v) is 7.28. The molecule has 150 valence electrons. The SMILES string of the molecule is CCCS(=O)(=O)N1CCC[C@H]1C(=O)N[C@H](C)c1ccc(-c2ccccc2)cc1. The Bertz CT molecular complexity index is 895. The molecule has 0 aliphatic carbocycles. The summed E-state index contributed by atoms with van der Waals surface area (Å²) in [6.45, 7) is 4.19. The van der Waals surface area contributed by atoms with E-state index in [-0.39, 0.29) is 17.7 Å². The van der Waals surface area contributed by atoms with Gasteiger partial charge in [0, 0.05) is 6.54 Å². The fourth-order valence-corrected chi connectivity index (χ4v) is 5.44. The molecule has 0 saturated carbocycles. The summed E-state index contributed by atoms with van der Waals surface area (Å²) in [5.41, 5.74) is 3.26. The molecule has 0 unspecified atom stereocenters. The summed E-state index contributed by atoms with van der Waals surface area (Å²) in [5, 5.41) is 3.00. The Morgan fingerprint density at radius 2 is 1.75 bits per heavy atom. The molecule has 1 fully saturated rings. The average Bonchev–Trinajstić information content (AvgIpc) is 3.20. The average molecular weight is 401 g/mol. The Morgan fingerprint density at radius 3 is 2.39 bits per heavy atom. The zero-order chi connectivity index (χ0) is 20.1. The number of hydrogen-bond donors (Lipinski definition) is 1.